The van der Waals surface area contributed by atoms with Gasteiger partial charge in [-0.25, -0.2) is 14.8 Å². The number of halogens is 3. The molecule has 0 radical (unpaired) electrons. The number of methoxy groups -OCH3 is 1. The van der Waals surface area contributed by atoms with E-state index in [0.29, 0.717) is 0 Å². The molecule has 0 bridgehead atoms. The highest BCUT2D eigenvalue weighted by molar-refractivity contribution is 5.95. The largest absolute Gasteiger partial charge is 0.464 e. The van der Waals surface area contributed by atoms with Gasteiger partial charge in [0.2, 0.25) is 5.91 Å². The summed E-state index contributed by atoms with van der Waals surface area (Å²) in [4.78, 5) is 44.5. The van der Waals surface area contributed by atoms with Crippen LogP contribution in [0.5, 0.6) is 0 Å². The van der Waals surface area contributed by atoms with Crippen molar-refractivity contribution in [3.63, 3.8) is 0 Å². The zero-order valence-corrected chi connectivity index (χ0v) is 15.5. The topological polar surface area (TPSA) is 101 Å². The summed E-state index contributed by atoms with van der Waals surface area (Å²) >= 11 is 0. The predicted octanol–water partition coefficient (Wildman–Crippen LogP) is 1.67. The maximum Gasteiger partial charge on any atom is 0.416 e. The fraction of sp³-hybridized carbons (Fsp3) is 0.278. The van der Waals surface area contributed by atoms with E-state index in [2.05, 4.69) is 20.0 Å². The van der Waals surface area contributed by atoms with E-state index >= 15 is 0 Å². The summed E-state index contributed by atoms with van der Waals surface area (Å²) in [7, 11) is 2.52. The molecule has 1 aromatic carbocycles. The highest BCUT2D eigenvalue weighted by Gasteiger charge is 2.30. The Morgan fingerprint density at radius 2 is 1.79 bits per heavy atom. The van der Waals surface area contributed by atoms with Crippen LogP contribution in [-0.4, -0.2) is 53.4 Å². The molecule has 0 saturated heterocycles. The van der Waals surface area contributed by atoms with Crippen LogP contribution in [0.4, 0.5) is 13.2 Å². The summed E-state index contributed by atoms with van der Waals surface area (Å²) in [6, 6.07) is 4.43. The summed E-state index contributed by atoms with van der Waals surface area (Å²) in [5.41, 5.74) is -1.01. The molecule has 11 heteroatoms. The number of carbonyl (C=O) groups is 3. The third-order valence-electron chi connectivity index (χ3n) is 3.79. The summed E-state index contributed by atoms with van der Waals surface area (Å²) in [6.45, 7) is -0.678. The van der Waals surface area contributed by atoms with Crippen molar-refractivity contribution >= 4 is 17.8 Å². The minimum atomic E-state index is -4.54. The van der Waals surface area contributed by atoms with Crippen LogP contribution < -0.4 is 5.32 Å². The Morgan fingerprint density at radius 3 is 2.34 bits per heavy atom. The number of ether oxygens (including phenoxy) is 1. The molecule has 0 spiro atoms. The third-order valence-corrected chi connectivity index (χ3v) is 3.79. The molecule has 2 rings (SSSR count). The number of benzene rings is 1. The van der Waals surface area contributed by atoms with Crippen LogP contribution in [-0.2, 0) is 22.3 Å². The maximum atomic E-state index is 12.9. The molecule has 2 aromatic rings. The molecule has 29 heavy (non-hydrogen) atoms. The maximum absolute atomic E-state index is 12.9. The fourth-order valence-corrected chi connectivity index (χ4v) is 2.33. The van der Waals surface area contributed by atoms with Gasteiger partial charge in [-0.3, -0.25) is 9.59 Å². The van der Waals surface area contributed by atoms with Crippen molar-refractivity contribution in [2.75, 3.05) is 20.7 Å². The van der Waals surface area contributed by atoms with Crippen LogP contribution in [0.25, 0.3) is 0 Å². The van der Waals surface area contributed by atoms with E-state index in [1.54, 1.807) is 0 Å². The molecule has 0 saturated carbocycles. The van der Waals surface area contributed by atoms with E-state index in [0.717, 1.165) is 36.5 Å². The zero-order valence-electron chi connectivity index (χ0n) is 15.5. The number of amides is 2. The molecular weight excluding hydrogens is 393 g/mol. The molecule has 2 amide bonds. The Labute approximate surface area is 163 Å². The summed E-state index contributed by atoms with van der Waals surface area (Å²) < 4.78 is 43.3. The van der Waals surface area contributed by atoms with E-state index in [1.165, 1.54) is 19.2 Å². The highest BCUT2D eigenvalue weighted by atomic mass is 19.4. The molecule has 0 aliphatic heterocycles. The van der Waals surface area contributed by atoms with Gasteiger partial charge in [-0.2, -0.15) is 13.2 Å². The number of carbonyl (C=O) groups excluding carboxylic acids is 3. The molecule has 0 atom stereocenters. The van der Waals surface area contributed by atoms with Crippen molar-refractivity contribution in [2.24, 2.45) is 0 Å². The average molecular weight is 410 g/mol. The number of esters is 1. The zero-order chi connectivity index (χ0) is 21.6. The number of hydrogen-bond donors (Lipinski definition) is 1. The van der Waals surface area contributed by atoms with Crippen molar-refractivity contribution in [1.82, 2.24) is 20.2 Å². The Kier molecular flexibility index (Phi) is 6.86. The van der Waals surface area contributed by atoms with Gasteiger partial charge in [0.15, 0.2) is 5.69 Å². The molecule has 1 heterocycles. The van der Waals surface area contributed by atoms with Crippen LogP contribution in [0.1, 0.15) is 32.1 Å². The van der Waals surface area contributed by atoms with Gasteiger partial charge in [0.05, 0.1) is 25.1 Å². The van der Waals surface area contributed by atoms with Crippen molar-refractivity contribution in [1.29, 1.82) is 0 Å². The lowest BCUT2D eigenvalue weighted by Gasteiger charge is -2.22. The average Bonchev–Trinajstić information content (AvgIpc) is 2.71. The Bertz CT molecular complexity index is 901. The van der Waals surface area contributed by atoms with Crippen molar-refractivity contribution in [3.05, 3.63) is 59.2 Å². The van der Waals surface area contributed by atoms with E-state index in [1.807, 2.05) is 0 Å². The van der Waals surface area contributed by atoms with Gasteiger partial charge < -0.3 is 15.0 Å². The number of likely N-dealkylation sites (N-methyl/N-ethyl adjacent to an activating group) is 1. The van der Waals surface area contributed by atoms with Crippen molar-refractivity contribution < 1.29 is 32.3 Å². The van der Waals surface area contributed by atoms with Gasteiger partial charge in [0.25, 0.3) is 5.91 Å². The second-order valence-electron chi connectivity index (χ2n) is 5.81. The lowest BCUT2D eigenvalue weighted by molar-refractivity contribution is -0.137. The standard InChI is InChI=1S/C18H17F3N4O4/c1-22-15(26)10-25(9-11-4-3-5-12(6-11)18(19,20)21)16(27)13-7-24-14(8-23-13)17(28)29-2/h3-8H,9-10H2,1-2H3,(H,22,26). The van der Waals surface area contributed by atoms with Gasteiger partial charge in [0.1, 0.15) is 12.2 Å². The lowest BCUT2D eigenvalue weighted by atomic mass is 10.1. The Hall–Kier alpha value is -3.50. The van der Waals surface area contributed by atoms with Crippen molar-refractivity contribution in [3.8, 4) is 0 Å². The first-order chi connectivity index (χ1) is 13.7. The molecule has 0 unspecified atom stereocenters. The van der Waals surface area contributed by atoms with Crippen LogP contribution in [0, 0.1) is 0 Å². The molecule has 1 N–H and O–H groups in total. The van der Waals surface area contributed by atoms with Gasteiger partial charge in [-0.15, -0.1) is 0 Å². The molecule has 0 aliphatic carbocycles. The minimum Gasteiger partial charge on any atom is -0.464 e. The first kappa shape index (κ1) is 21.8. The normalized spacial score (nSPS) is 10.9. The van der Waals surface area contributed by atoms with E-state index in [9.17, 15) is 27.6 Å². The minimum absolute atomic E-state index is 0.125. The fourth-order valence-electron chi connectivity index (χ4n) is 2.33. The second-order valence-corrected chi connectivity index (χ2v) is 5.81. The second kappa shape index (κ2) is 9.13. The highest BCUT2D eigenvalue weighted by Crippen LogP contribution is 2.29. The number of aromatic nitrogens is 2. The summed E-state index contributed by atoms with van der Waals surface area (Å²) in [5.74, 6) is -2.01. The van der Waals surface area contributed by atoms with E-state index in [-0.39, 0.29) is 23.5 Å². The molecule has 154 valence electrons. The molecular formula is C18H17F3N4O4. The lowest BCUT2D eigenvalue weighted by Crippen LogP contribution is -2.39. The van der Waals surface area contributed by atoms with Crippen LogP contribution >= 0.6 is 0 Å². The molecule has 8 nitrogen and oxygen atoms in total. The molecule has 1 aromatic heterocycles. The van der Waals surface area contributed by atoms with Gasteiger partial charge in [0, 0.05) is 13.6 Å². The number of rotatable bonds is 6. The Balaban J connectivity index is 2.29. The number of nitrogens with one attached hydrogen (secondary N) is 1. The smallest absolute Gasteiger partial charge is 0.416 e. The first-order valence-corrected chi connectivity index (χ1v) is 8.22. The van der Waals surface area contributed by atoms with E-state index in [4.69, 9.17) is 0 Å². The molecule has 0 aliphatic rings. The van der Waals surface area contributed by atoms with E-state index < -0.39 is 36.1 Å². The quantitative estimate of drug-likeness (QED) is 0.727. The molecule has 0 fully saturated rings. The van der Waals surface area contributed by atoms with Crippen LogP contribution in [0.2, 0.25) is 0 Å². The van der Waals surface area contributed by atoms with Crippen LogP contribution in [0.15, 0.2) is 36.7 Å². The van der Waals surface area contributed by atoms with Crippen LogP contribution in [0.3, 0.4) is 0 Å². The van der Waals surface area contributed by atoms with Crippen molar-refractivity contribution in [2.45, 2.75) is 12.7 Å². The first-order valence-electron chi connectivity index (χ1n) is 8.22. The third kappa shape index (κ3) is 5.74. The number of hydrogen-bond acceptors (Lipinski definition) is 6. The Morgan fingerprint density at radius 1 is 1.14 bits per heavy atom. The predicted molar refractivity (Wildman–Crippen MR) is 93.6 cm³/mol. The monoisotopic (exact) mass is 410 g/mol. The number of alkyl halides is 3. The summed E-state index contributed by atoms with van der Waals surface area (Å²) in [5, 5.41) is 2.34. The van der Waals surface area contributed by atoms with Gasteiger partial charge >= 0.3 is 12.1 Å². The number of nitrogens with zero attached hydrogens (tertiary/aromatic N) is 3. The summed E-state index contributed by atoms with van der Waals surface area (Å²) in [6.07, 6.45) is -2.49. The SMILES string of the molecule is CNC(=O)CN(Cc1cccc(C(F)(F)F)c1)C(=O)c1cnc(C(=O)OC)cn1. The van der Waals surface area contributed by atoms with Gasteiger partial charge in [-0.1, -0.05) is 12.1 Å². The van der Waals surface area contributed by atoms with Gasteiger partial charge in [-0.05, 0) is 17.7 Å².